The van der Waals surface area contributed by atoms with Crippen LogP contribution in [-0.2, 0) is 17.6 Å². The lowest BCUT2D eigenvalue weighted by molar-refractivity contribution is 0.185. The summed E-state index contributed by atoms with van der Waals surface area (Å²) in [5.74, 6) is 1.61. The maximum atomic E-state index is 5.37. The summed E-state index contributed by atoms with van der Waals surface area (Å²) in [6.07, 6.45) is 3.03. The van der Waals surface area contributed by atoms with Crippen LogP contribution in [0.5, 0.6) is 0 Å². The highest BCUT2D eigenvalue weighted by atomic mass is 32.1. The van der Waals surface area contributed by atoms with Crippen LogP contribution in [0, 0.1) is 17.5 Å². The molecule has 1 N–H and O–H groups in total. The van der Waals surface area contributed by atoms with Gasteiger partial charge in [-0.1, -0.05) is 19.1 Å². The van der Waals surface area contributed by atoms with E-state index in [1.165, 1.54) is 5.56 Å². The number of nitrogens with one attached hydrogen (secondary N) is 1. The number of aryl methyl sites for hydroxylation is 1. The van der Waals surface area contributed by atoms with E-state index in [9.17, 15) is 0 Å². The van der Waals surface area contributed by atoms with Gasteiger partial charge in [-0.2, -0.15) is 0 Å². The van der Waals surface area contributed by atoms with Crippen molar-refractivity contribution >= 4 is 12.2 Å². The molecule has 0 aromatic carbocycles. The monoisotopic (exact) mass is 238 g/mol. The number of hydrogen-bond donors (Lipinski definition) is 1. The molecule has 1 aliphatic heterocycles. The minimum Gasteiger partial charge on any atom is -0.381 e. The molecule has 1 aromatic heterocycles. The Labute approximate surface area is 101 Å². The van der Waals surface area contributed by atoms with Crippen molar-refractivity contribution in [2.24, 2.45) is 5.92 Å². The van der Waals surface area contributed by atoms with E-state index >= 15 is 0 Å². The summed E-state index contributed by atoms with van der Waals surface area (Å²) in [5, 5.41) is 0. The molecule has 2 rings (SSSR count). The van der Waals surface area contributed by atoms with E-state index in [1.54, 1.807) is 0 Å². The van der Waals surface area contributed by atoms with Gasteiger partial charge in [0, 0.05) is 30.9 Å². The van der Waals surface area contributed by atoms with Crippen molar-refractivity contribution in [1.82, 2.24) is 9.97 Å². The molecule has 1 unspecified atom stereocenters. The fourth-order valence-electron chi connectivity index (χ4n) is 2.20. The van der Waals surface area contributed by atoms with Crippen molar-refractivity contribution < 1.29 is 4.74 Å². The van der Waals surface area contributed by atoms with Crippen LogP contribution in [0.1, 0.15) is 30.4 Å². The van der Waals surface area contributed by atoms with Gasteiger partial charge in [0.15, 0.2) is 0 Å². The van der Waals surface area contributed by atoms with Crippen LogP contribution < -0.4 is 0 Å². The van der Waals surface area contributed by atoms with Crippen molar-refractivity contribution in [1.29, 1.82) is 0 Å². The summed E-state index contributed by atoms with van der Waals surface area (Å²) in [6, 6.07) is 0. The third kappa shape index (κ3) is 2.50. The van der Waals surface area contributed by atoms with E-state index in [1.807, 2.05) is 0 Å². The van der Waals surface area contributed by atoms with Crippen LogP contribution in [0.2, 0.25) is 0 Å². The van der Waals surface area contributed by atoms with Crippen molar-refractivity contribution in [3.63, 3.8) is 0 Å². The fourth-order valence-corrected chi connectivity index (χ4v) is 2.61. The Morgan fingerprint density at radius 2 is 2.38 bits per heavy atom. The smallest absolute Gasteiger partial charge is 0.133 e. The molecule has 2 heterocycles. The minimum atomic E-state index is 0.602. The molecular weight excluding hydrogens is 220 g/mol. The van der Waals surface area contributed by atoms with Gasteiger partial charge in [0.1, 0.15) is 10.5 Å². The Morgan fingerprint density at radius 1 is 1.56 bits per heavy atom. The second kappa shape index (κ2) is 5.06. The van der Waals surface area contributed by atoms with E-state index in [4.69, 9.17) is 17.0 Å². The summed E-state index contributed by atoms with van der Waals surface area (Å²) in [6.45, 7) is 5.93. The molecule has 1 atom stereocenters. The van der Waals surface area contributed by atoms with Gasteiger partial charge in [0.25, 0.3) is 0 Å². The van der Waals surface area contributed by atoms with Gasteiger partial charge in [0.2, 0.25) is 0 Å². The van der Waals surface area contributed by atoms with Gasteiger partial charge >= 0.3 is 0 Å². The van der Waals surface area contributed by atoms with Crippen LogP contribution in [0.25, 0.3) is 0 Å². The third-order valence-corrected chi connectivity index (χ3v) is 3.48. The van der Waals surface area contributed by atoms with Crippen molar-refractivity contribution in [3.05, 3.63) is 21.7 Å². The van der Waals surface area contributed by atoms with Crippen molar-refractivity contribution in [2.75, 3.05) is 13.2 Å². The molecule has 1 fully saturated rings. The summed E-state index contributed by atoms with van der Waals surface area (Å²) < 4.78 is 6.12. The maximum Gasteiger partial charge on any atom is 0.133 e. The summed E-state index contributed by atoms with van der Waals surface area (Å²) in [4.78, 5) is 7.83. The molecule has 0 spiro atoms. The standard InChI is InChI=1S/C12H18N2OS/c1-3-10-8(2)13-11(14-12(10)16)6-9-4-5-15-7-9/h9H,3-7H2,1-2H3,(H,13,14,16). The molecule has 0 aliphatic carbocycles. The lowest BCUT2D eigenvalue weighted by Crippen LogP contribution is -2.09. The lowest BCUT2D eigenvalue weighted by Gasteiger charge is -2.10. The first kappa shape index (κ1) is 11.7. The SMILES string of the molecule is CCc1c(C)[nH]c(CC2CCOC2)nc1=S. The molecule has 1 aromatic rings. The molecule has 16 heavy (non-hydrogen) atoms. The number of aromatic nitrogens is 2. The van der Waals surface area contributed by atoms with Crippen LogP contribution in [0.4, 0.5) is 0 Å². The van der Waals surface area contributed by atoms with E-state index in [0.29, 0.717) is 5.92 Å². The second-order valence-electron chi connectivity index (χ2n) is 4.38. The van der Waals surface area contributed by atoms with Crippen LogP contribution >= 0.6 is 12.2 Å². The Hall–Kier alpha value is -0.740. The predicted molar refractivity (Wildman–Crippen MR) is 66.2 cm³/mol. The van der Waals surface area contributed by atoms with Gasteiger partial charge < -0.3 is 9.72 Å². The number of rotatable bonds is 3. The topological polar surface area (TPSA) is 37.9 Å². The van der Waals surface area contributed by atoms with E-state index in [-0.39, 0.29) is 0 Å². The van der Waals surface area contributed by atoms with Crippen LogP contribution in [-0.4, -0.2) is 23.2 Å². The molecule has 0 saturated carbocycles. The van der Waals surface area contributed by atoms with E-state index in [0.717, 1.165) is 48.6 Å². The highest BCUT2D eigenvalue weighted by molar-refractivity contribution is 7.71. The first-order valence-electron chi connectivity index (χ1n) is 5.87. The average Bonchev–Trinajstić information content (AvgIpc) is 2.70. The van der Waals surface area contributed by atoms with Crippen molar-refractivity contribution in [2.45, 2.75) is 33.1 Å². The van der Waals surface area contributed by atoms with Crippen LogP contribution in [0.3, 0.4) is 0 Å². The number of aromatic amines is 1. The zero-order valence-electron chi connectivity index (χ0n) is 9.88. The Morgan fingerprint density at radius 3 is 2.94 bits per heavy atom. The minimum absolute atomic E-state index is 0.602. The molecule has 1 saturated heterocycles. The fraction of sp³-hybridized carbons (Fsp3) is 0.667. The molecule has 0 radical (unpaired) electrons. The molecule has 1 aliphatic rings. The Kier molecular flexibility index (Phi) is 3.71. The average molecular weight is 238 g/mol. The normalized spacial score (nSPS) is 20.2. The first-order chi connectivity index (χ1) is 7.70. The van der Waals surface area contributed by atoms with Gasteiger partial charge in [-0.15, -0.1) is 0 Å². The number of H-pyrrole nitrogens is 1. The summed E-state index contributed by atoms with van der Waals surface area (Å²) in [5.41, 5.74) is 2.33. The summed E-state index contributed by atoms with van der Waals surface area (Å²) >= 11 is 5.30. The second-order valence-corrected chi connectivity index (χ2v) is 4.77. The molecule has 3 nitrogen and oxygen atoms in total. The molecule has 4 heteroatoms. The zero-order valence-corrected chi connectivity index (χ0v) is 10.7. The molecule has 0 amide bonds. The van der Waals surface area contributed by atoms with E-state index in [2.05, 4.69) is 23.8 Å². The highest BCUT2D eigenvalue weighted by Gasteiger charge is 2.17. The molecular formula is C12H18N2OS. The maximum absolute atomic E-state index is 5.37. The van der Waals surface area contributed by atoms with E-state index < -0.39 is 0 Å². The largest absolute Gasteiger partial charge is 0.381 e. The quantitative estimate of drug-likeness (QED) is 0.823. The predicted octanol–water partition coefficient (Wildman–Crippen LogP) is 2.59. The number of hydrogen-bond acceptors (Lipinski definition) is 3. The number of ether oxygens (including phenoxy) is 1. The summed E-state index contributed by atoms with van der Waals surface area (Å²) in [7, 11) is 0. The molecule has 0 bridgehead atoms. The van der Waals surface area contributed by atoms with Gasteiger partial charge in [-0.05, 0) is 25.7 Å². The Balaban J connectivity index is 2.19. The van der Waals surface area contributed by atoms with Crippen molar-refractivity contribution in [3.8, 4) is 0 Å². The highest BCUT2D eigenvalue weighted by Crippen LogP contribution is 2.17. The zero-order chi connectivity index (χ0) is 11.5. The number of nitrogens with zero attached hydrogens (tertiary/aromatic N) is 1. The molecule has 88 valence electrons. The van der Waals surface area contributed by atoms with Crippen LogP contribution in [0.15, 0.2) is 0 Å². The third-order valence-electron chi connectivity index (χ3n) is 3.14. The lowest BCUT2D eigenvalue weighted by atomic mass is 10.0. The first-order valence-corrected chi connectivity index (χ1v) is 6.28. The van der Waals surface area contributed by atoms with Gasteiger partial charge in [-0.3, -0.25) is 0 Å². The van der Waals surface area contributed by atoms with Gasteiger partial charge in [-0.25, -0.2) is 4.98 Å². The Bertz CT molecular complexity index is 422. The van der Waals surface area contributed by atoms with Gasteiger partial charge in [0.05, 0.1) is 0 Å².